The first-order chi connectivity index (χ1) is 9.29. The Morgan fingerprint density at radius 3 is 2.45 bits per heavy atom. The van der Waals surface area contributed by atoms with Gasteiger partial charge in [-0.2, -0.15) is 0 Å². The SMILES string of the molecule is Cc1cc(N(C)C)ccc1NC(=O)CC(C)CC(=O)O. The van der Waals surface area contributed by atoms with Gasteiger partial charge in [-0.1, -0.05) is 6.92 Å². The first-order valence-electron chi connectivity index (χ1n) is 6.59. The van der Waals surface area contributed by atoms with Crippen LogP contribution in [0.2, 0.25) is 0 Å². The van der Waals surface area contributed by atoms with E-state index in [1.807, 2.05) is 44.1 Å². The number of carboxylic acid groups (broad SMARTS) is 1. The van der Waals surface area contributed by atoms with Gasteiger partial charge in [0.05, 0.1) is 0 Å². The first-order valence-corrected chi connectivity index (χ1v) is 6.59. The molecule has 0 aliphatic heterocycles. The van der Waals surface area contributed by atoms with Crippen LogP contribution in [0.3, 0.4) is 0 Å². The van der Waals surface area contributed by atoms with Gasteiger partial charge < -0.3 is 15.3 Å². The first kappa shape index (κ1) is 16.0. The molecule has 0 heterocycles. The van der Waals surface area contributed by atoms with Crippen LogP contribution in [0.15, 0.2) is 18.2 Å². The lowest BCUT2D eigenvalue weighted by Crippen LogP contribution is -2.17. The average molecular weight is 278 g/mol. The lowest BCUT2D eigenvalue weighted by Gasteiger charge is -2.16. The van der Waals surface area contributed by atoms with E-state index in [1.54, 1.807) is 6.92 Å². The Morgan fingerprint density at radius 2 is 1.95 bits per heavy atom. The fourth-order valence-corrected chi connectivity index (χ4v) is 1.95. The van der Waals surface area contributed by atoms with E-state index in [0.717, 1.165) is 16.9 Å². The van der Waals surface area contributed by atoms with Crippen LogP contribution in [0.4, 0.5) is 11.4 Å². The summed E-state index contributed by atoms with van der Waals surface area (Å²) < 4.78 is 0. The molecular formula is C15H22N2O3. The number of rotatable bonds is 6. The smallest absolute Gasteiger partial charge is 0.303 e. The van der Waals surface area contributed by atoms with Crippen LogP contribution in [0.25, 0.3) is 0 Å². The molecule has 0 aliphatic rings. The van der Waals surface area contributed by atoms with Crippen molar-refractivity contribution in [3.63, 3.8) is 0 Å². The Kier molecular flexibility index (Phi) is 5.55. The van der Waals surface area contributed by atoms with Gasteiger partial charge in [-0.15, -0.1) is 0 Å². The maximum Gasteiger partial charge on any atom is 0.303 e. The number of hydrogen-bond donors (Lipinski definition) is 2. The molecule has 1 amide bonds. The van der Waals surface area contributed by atoms with E-state index in [-0.39, 0.29) is 24.7 Å². The summed E-state index contributed by atoms with van der Waals surface area (Å²) in [6.07, 6.45) is 0.215. The van der Waals surface area contributed by atoms with Crippen molar-refractivity contribution in [2.45, 2.75) is 26.7 Å². The molecule has 0 aromatic heterocycles. The summed E-state index contributed by atoms with van der Waals surface area (Å²) in [6.45, 7) is 3.69. The predicted molar refractivity (Wildman–Crippen MR) is 80.2 cm³/mol. The van der Waals surface area contributed by atoms with Crippen LogP contribution in [0.5, 0.6) is 0 Å². The highest BCUT2D eigenvalue weighted by Gasteiger charge is 2.13. The molecule has 0 radical (unpaired) electrons. The summed E-state index contributed by atoms with van der Waals surface area (Å²) in [6, 6.07) is 5.80. The molecule has 2 N–H and O–H groups in total. The number of amides is 1. The second-order valence-electron chi connectivity index (χ2n) is 5.35. The maximum atomic E-state index is 11.9. The monoisotopic (exact) mass is 278 g/mol. The summed E-state index contributed by atoms with van der Waals surface area (Å²) in [7, 11) is 3.92. The third-order valence-corrected chi connectivity index (χ3v) is 3.06. The minimum Gasteiger partial charge on any atom is -0.481 e. The van der Waals surface area contributed by atoms with E-state index >= 15 is 0 Å². The summed E-state index contributed by atoms with van der Waals surface area (Å²) in [5, 5.41) is 11.5. The highest BCUT2D eigenvalue weighted by atomic mass is 16.4. The number of carboxylic acids is 1. The molecule has 5 nitrogen and oxygen atoms in total. The van der Waals surface area contributed by atoms with Crippen molar-refractivity contribution in [1.82, 2.24) is 0 Å². The van der Waals surface area contributed by atoms with Gasteiger partial charge in [-0.3, -0.25) is 9.59 Å². The Balaban J connectivity index is 2.64. The standard InChI is InChI=1S/C15H22N2O3/c1-10(8-15(19)20)7-14(18)16-13-6-5-12(17(3)4)9-11(13)2/h5-6,9-10H,7-8H2,1-4H3,(H,16,18)(H,19,20). The predicted octanol–water partition coefficient (Wildman–Crippen LogP) is 2.50. The zero-order valence-corrected chi connectivity index (χ0v) is 12.4. The summed E-state index contributed by atoms with van der Waals surface area (Å²) >= 11 is 0. The van der Waals surface area contributed by atoms with Crippen molar-refractivity contribution in [3.05, 3.63) is 23.8 Å². The van der Waals surface area contributed by atoms with Gasteiger partial charge >= 0.3 is 5.97 Å². The largest absolute Gasteiger partial charge is 0.481 e. The second-order valence-corrected chi connectivity index (χ2v) is 5.35. The summed E-state index contributed by atoms with van der Waals surface area (Å²) in [5.74, 6) is -1.20. The number of aliphatic carboxylic acids is 1. The van der Waals surface area contributed by atoms with Gasteiger partial charge in [0.1, 0.15) is 0 Å². The van der Waals surface area contributed by atoms with Crippen molar-refractivity contribution in [3.8, 4) is 0 Å². The Hall–Kier alpha value is -2.04. The molecular weight excluding hydrogens is 256 g/mol. The van der Waals surface area contributed by atoms with E-state index in [9.17, 15) is 9.59 Å². The van der Waals surface area contributed by atoms with Crippen molar-refractivity contribution in [1.29, 1.82) is 0 Å². The fourth-order valence-electron chi connectivity index (χ4n) is 1.95. The lowest BCUT2D eigenvalue weighted by molar-refractivity contribution is -0.138. The van der Waals surface area contributed by atoms with Crippen molar-refractivity contribution < 1.29 is 14.7 Å². The minimum absolute atomic E-state index is 0.00592. The van der Waals surface area contributed by atoms with Crippen LogP contribution in [-0.2, 0) is 9.59 Å². The van der Waals surface area contributed by atoms with E-state index in [0.29, 0.717) is 0 Å². The number of nitrogens with zero attached hydrogens (tertiary/aromatic N) is 1. The van der Waals surface area contributed by atoms with Gasteiger partial charge in [0.15, 0.2) is 0 Å². The molecule has 0 saturated heterocycles. The maximum absolute atomic E-state index is 11.9. The van der Waals surface area contributed by atoms with E-state index in [4.69, 9.17) is 5.11 Å². The van der Waals surface area contributed by atoms with Crippen LogP contribution < -0.4 is 10.2 Å². The minimum atomic E-state index is -0.878. The normalized spacial score (nSPS) is 11.8. The fraction of sp³-hybridized carbons (Fsp3) is 0.467. The Bertz CT molecular complexity index is 498. The molecule has 0 spiro atoms. The molecule has 110 valence electrons. The molecule has 1 rings (SSSR count). The Labute approximate surface area is 119 Å². The molecule has 0 fully saturated rings. The molecule has 0 saturated carbocycles. The molecule has 1 aromatic carbocycles. The van der Waals surface area contributed by atoms with Gasteiger partial charge in [0.25, 0.3) is 0 Å². The van der Waals surface area contributed by atoms with Crippen LogP contribution in [0, 0.1) is 12.8 Å². The van der Waals surface area contributed by atoms with E-state index in [2.05, 4.69) is 5.32 Å². The number of aryl methyl sites for hydroxylation is 1. The lowest BCUT2D eigenvalue weighted by atomic mass is 10.0. The van der Waals surface area contributed by atoms with Crippen LogP contribution in [0.1, 0.15) is 25.3 Å². The van der Waals surface area contributed by atoms with E-state index < -0.39 is 5.97 Å². The summed E-state index contributed by atoms with van der Waals surface area (Å²) in [5.41, 5.74) is 2.82. The second kappa shape index (κ2) is 6.93. The van der Waals surface area contributed by atoms with Crippen LogP contribution in [-0.4, -0.2) is 31.1 Å². The highest BCUT2D eigenvalue weighted by molar-refractivity contribution is 5.92. The third-order valence-electron chi connectivity index (χ3n) is 3.06. The number of carbonyl (C=O) groups is 2. The molecule has 1 atom stereocenters. The quantitative estimate of drug-likeness (QED) is 0.839. The number of nitrogens with one attached hydrogen (secondary N) is 1. The molecule has 1 aromatic rings. The number of hydrogen-bond acceptors (Lipinski definition) is 3. The molecule has 5 heteroatoms. The Morgan fingerprint density at radius 1 is 1.30 bits per heavy atom. The zero-order valence-electron chi connectivity index (χ0n) is 12.4. The van der Waals surface area contributed by atoms with Crippen molar-refractivity contribution in [2.75, 3.05) is 24.3 Å². The third kappa shape index (κ3) is 4.91. The number of carbonyl (C=O) groups excluding carboxylic acids is 1. The van der Waals surface area contributed by atoms with Gasteiger partial charge in [-0.25, -0.2) is 0 Å². The molecule has 20 heavy (non-hydrogen) atoms. The average Bonchev–Trinajstić information content (AvgIpc) is 2.30. The summed E-state index contributed by atoms with van der Waals surface area (Å²) in [4.78, 5) is 24.4. The van der Waals surface area contributed by atoms with Gasteiger partial charge in [0.2, 0.25) is 5.91 Å². The van der Waals surface area contributed by atoms with Crippen LogP contribution >= 0.6 is 0 Å². The van der Waals surface area contributed by atoms with Gasteiger partial charge in [-0.05, 0) is 36.6 Å². The number of benzene rings is 1. The topological polar surface area (TPSA) is 69.6 Å². The highest BCUT2D eigenvalue weighted by Crippen LogP contribution is 2.22. The van der Waals surface area contributed by atoms with Crippen molar-refractivity contribution >= 4 is 23.3 Å². The molecule has 1 unspecified atom stereocenters. The van der Waals surface area contributed by atoms with Crippen molar-refractivity contribution in [2.24, 2.45) is 5.92 Å². The molecule has 0 aliphatic carbocycles. The van der Waals surface area contributed by atoms with Gasteiger partial charge in [0, 0.05) is 38.3 Å². The zero-order chi connectivity index (χ0) is 15.3. The molecule has 0 bridgehead atoms. The number of anilines is 2. The van der Waals surface area contributed by atoms with E-state index in [1.165, 1.54) is 0 Å².